The molecule has 0 aliphatic carbocycles. The summed E-state index contributed by atoms with van der Waals surface area (Å²) in [4.78, 5) is 4.00. The van der Waals surface area contributed by atoms with Crippen molar-refractivity contribution in [2.75, 3.05) is 0 Å². The quantitative estimate of drug-likeness (QED) is 0.553. The Kier molecular flexibility index (Phi) is 8.26. The lowest BCUT2D eigenvalue weighted by Crippen LogP contribution is -2.39. The molecular formula is C20H31NS. The van der Waals surface area contributed by atoms with E-state index in [0.29, 0.717) is 6.04 Å². The van der Waals surface area contributed by atoms with E-state index in [9.17, 15) is 0 Å². The van der Waals surface area contributed by atoms with Crippen molar-refractivity contribution >= 4 is 11.3 Å². The van der Waals surface area contributed by atoms with Crippen LogP contribution in [0.15, 0.2) is 48.0 Å². The maximum Gasteiger partial charge on any atom is 0.0554 e. The fraction of sp³-hybridized carbons (Fsp3) is 0.500. The Morgan fingerprint density at radius 1 is 1.45 bits per heavy atom. The van der Waals surface area contributed by atoms with Gasteiger partial charge in [-0.15, -0.1) is 11.3 Å². The van der Waals surface area contributed by atoms with Gasteiger partial charge in [0.15, 0.2) is 0 Å². The zero-order valence-electron chi connectivity index (χ0n) is 14.7. The molecule has 2 heterocycles. The van der Waals surface area contributed by atoms with Crippen molar-refractivity contribution in [1.29, 1.82) is 0 Å². The second-order valence-electron chi connectivity index (χ2n) is 5.53. The number of fused-ring (bicyclic) bond motifs is 1. The van der Waals surface area contributed by atoms with Gasteiger partial charge in [0.05, 0.1) is 6.04 Å². The Bertz CT molecular complexity index is 510. The SMILES string of the molecule is C=C/C=C(\CCCC)C1Cc2sccc2CN1C(=C)C.CC. The third-order valence-electron chi connectivity index (χ3n) is 4.00. The van der Waals surface area contributed by atoms with E-state index in [1.54, 1.807) is 4.88 Å². The Morgan fingerprint density at radius 3 is 2.77 bits per heavy atom. The molecule has 1 unspecified atom stereocenters. The number of unbranched alkanes of at least 4 members (excludes halogenated alkanes) is 1. The van der Waals surface area contributed by atoms with Gasteiger partial charge >= 0.3 is 0 Å². The zero-order valence-corrected chi connectivity index (χ0v) is 15.5. The summed E-state index contributed by atoms with van der Waals surface area (Å²) in [5.41, 5.74) is 4.14. The first-order valence-electron chi connectivity index (χ1n) is 8.46. The van der Waals surface area contributed by atoms with Crippen LogP contribution in [0, 0.1) is 0 Å². The number of rotatable bonds is 6. The standard InChI is InChI=1S/C18H25NS.C2H6/c1-5-7-9-15(8-6-2)17-12-18-16(10-11-20-18)13-19(17)14(3)4;1-2/h6,8,10-11,17H,2-3,5,7,9,12-13H2,1,4H3;1-2H3/b15-8+;. The van der Waals surface area contributed by atoms with E-state index in [-0.39, 0.29) is 0 Å². The van der Waals surface area contributed by atoms with E-state index in [1.165, 1.54) is 29.7 Å². The maximum absolute atomic E-state index is 4.19. The van der Waals surface area contributed by atoms with Crippen molar-refractivity contribution in [2.24, 2.45) is 0 Å². The highest BCUT2D eigenvalue weighted by Gasteiger charge is 2.28. The fourth-order valence-corrected chi connectivity index (χ4v) is 3.83. The van der Waals surface area contributed by atoms with Crippen LogP contribution in [0.4, 0.5) is 0 Å². The van der Waals surface area contributed by atoms with E-state index in [2.05, 4.69) is 49.4 Å². The monoisotopic (exact) mass is 317 g/mol. The van der Waals surface area contributed by atoms with Crippen molar-refractivity contribution in [1.82, 2.24) is 4.90 Å². The topological polar surface area (TPSA) is 3.24 Å². The lowest BCUT2D eigenvalue weighted by atomic mass is 9.91. The number of allylic oxidation sites excluding steroid dienone is 3. The second kappa shape index (κ2) is 9.68. The molecule has 0 bridgehead atoms. The van der Waals surface area contributed by atoms with Gasteiger partial charge in [-0.05, 0) is 42.3 Å². The molecule has 0 fully saturated rings. The third kappa shape index (κ3) is 4.61. The molecule has 0 spiro atoms. The van der Waals surface area contributed by atoms with Crippen molar-refractivity contribution in [2.45, 2.75) is 66.0 Å². The van der Waals surface area contributed by atoms with Crippen LogP contribution in [0.25, 0.3) is 0 Å². The van der Waals surface area contributed by atoms with Crippen LogP contribution < -0.4 is 0 Å². The van der Waals surface area contributed by atoms with Crippen LogP contribution in [-0.4, -0.2) is 10.9 Å². The molecule has 0 saturated carbocycles. The van der Waals surface area contributed by atoms with Crippen molar-refractivity contribution in [3.63, 3.8) is 0 Å². The molecule has 2 rings (SSSR count). The minimum Gasteiger partial charge on any atom is -0.364 e. The second-order valence-corrected chi connectivity index (χ2v) is 6.53. The highest BCUT2D eigenvalue weighted by Crippen LogP contribution is 2.34. The number of nitrogens with zero attached hydrogens (tertiary/aromatic N) is 1. The van der Waals surface area contributed by atoms with Gasteiger partial charge in [-0.2, -0.15) is 0 Å². The summed E-state index contributed by atoms with van der Waals surface area (Å²) < 4.78 is 0. The summed E-state index contributed by atoms with van der Waals surface area (Å²) in [5, 5.41) is 2.21. The molecule has 122 valence electrons. The van der Waals surface area contributed by atoms with Crippen LogP contribution >= 0.6 is 11.3 Å². The highest BCUT2D eigenvalue weighted by molar-refractivity contribution is 7.10. The molecule has 1 aliphatic heterocycles. The minimum atomic E-state index is 0.461. The van der Waals surface area contributed by atoms with Gasteiger partial charge in [0.2, 0.25) is 0 Å². The Labute approximate surface area is 141 Å². The third-order valence-corrected chi connectivity index (χ3v) is 4.99. The number of thiophene rings is 1. The Hall–Kier alpha value is -1.28. The molecule has 0 amide bonds. The Morgan fingerprint density at radius 2 is 2.18 bits per heavy atom. The highest BCUT2D eigenvalue weighted by atomic mass is 32.1. The van der Waals surface area contributed by atoms with Gasteiger partial charge < -0.3 is 4.90 Å². The zero-order chi connectivity index (χ0) is 16.5. The average molecular weight is 318 g/mol. The van der Waals surface area contributed by atoms with Gasteiger partial charge in [-0.1, -0.05) is 52.5 Å². The largest absolute Gasteiger partial charge is 0.364 e. The lowest BCUT2D eigenvalue weighted by Gasteiger charge is -2.39. The first-order chi connectivity index (χ1) is 10.7. The van der Waals surface area contributed by atoms with Crippen molar-refractivity contribution in [3.8, 4) is 0 Å². The van der Waals surface area contributed by atoms with Gasteiger partial charge in [0, 0.05) is 23.5 Å². The van der Waals surface area contributed by atoms with E-state index >= 15 is 0 Å². The summed E-state index contributed by atoms with van der Waals surface area (Å²) in [5.74, 6) is 0. The lowest BCUT2D eigenvalue weighted by molar-refractivity contribution is 0.253. The smallest absolute Gasteiger partial charge is 0.0554 e. The number of hydrogen-bond donors (Lipinski definition) is 0. The fourth-order valence-electron chi connectivity index (χ4n) is 2.89. The van der Waals surface area contributed by atoms with Gasteiger partial charge in [-0.3, -0.25) is 0 Å². The average Bonchev–Trinajstić information content (AvgIpc) is 2.99. The summed E-state index contributed by atoms with van der Waals surface area (Å²) >= 11 is 1.89. The van der Waals surface area contributed by atoms with Crippen LogP contribution in [-0.2, 0) is 13.0 Å². The molecule has 2 heteroatoms. The van der Waals surface area contributed by atoms with E-state index in [0.717, 1.165) is 19.4 Å². The molecule has 1 nitrogen and oxygen atoms in total. The predicted octanol–water partition coefficient (Wildman–Crippen LogP) is 6.34. The molecule has 0 aromatic carbocycles. The molecular weight excluding hydrogens is 286 g/mol. The molecule has 0 saturated heterocycles. The molecule has 0 N–H and O–H groups in total. The molecule has 1 aromatic rings. The molecule has 22 heavy (non-hydrogen) atoms. The Balaban J connectivity index is 0.00000116. The molecule has 0 radical (unpaired) electrons. The van der Waals surface area contributed by atoms with Crippen LogP contribution in [0.5, 0.6) is 0 Å². The minimum absolute atomic E-state index is 0.461. The molecule has 1 atom stereocenters. The van der Waals surface area contributed by atoms with Gasteiger partial charge in [0.25, 0.3) is 0 Å². The molecule has 1 aromatic heterocycles. The van der Waals surface area contributed by atoms with Crippen molar-refractivity contribution in [3.05, 3.63) is 58.5 Å². The summed E-state index contributed by atoms with van der Waals surface area (Å²) in [6.07, 6.45) is 8.91. The van der Waals surface area contributed by atoms with E-state index in [4.69, 9.17) is 0 Å². The van der Waals surface area contributed by atoms with Crippen molar-refractivity contribution < 1.29 is 0 Å². The van der Waals surface area contributed by atoms with Crippen LogP contribution in [0.3, 0.4) is 0 Å². The summed E-state index contributed by atoms with van der Waals surface area (Å²) in [6.45, 7) is 17.4. The summed E-state index contributed by atoms with van der Waals surface area (Å²) in [7, 11) is 0. The predicted molar refractivity (Wildman–Crippen MR) is 101 cm³/mol. The first kappa shape index (κ1) is 18.8. The maximum atomic E-state index is 4.19. The normalized spacial score (nSPS) is 17.4. The van der Waals surface area contributed by atoms with Crippen LogP contribution in [0.1, 0.15) is 57.4 Å². The van der Waals surface area contributed by atoms with Gasteiger partial charge in [0.1, 0.15) is 0 Å². The van der Waals surface area contributed by atoms with E-state index < -0.39 is 0 Å². The summed E-state index contributed by atoms with van der Waals surface area (Å²) in [6, 6.07) is 2.72. The first-order valence-corrected chi connectivity index (χ1v) is 9.34. The number of hydrogen-bond acceptors (Lipinski definition) is 2. The van der Waals surface area contributed by atoms with Crippen LogP contribution in [0.2, 0.25) is 0 Å². The molecule has 1 aliphatic rings. The van der Waals surface area contributed by atoms with Gasteiger partial charge in [-0.25, -0.2) is 0 Å². The van der Waals surface area contributed by atoms with E-state index in [1.807, 2.05) is 31.3 Å².